The first kappa shape index (κ1) is 28.3. The third-order valence-corrected chi connectivity index (χ3v) is 5.78. The van der Waals surface area contributed by atoms with Crippen molar-refractivity contribution in [2.24, 2.45) is 5.16 Å². The largest absolute Gasteiger partial charge is 0.442 e. The standard InChI is InChI=1S/C27H40N4O6/c1-19(32)8-13-22-18-23(28-37-22)20-9-11-21(12-10-20)29-14-16-30(24(33)35-26(2,3)4)31(17-15-29)25(34)36-27(5,6)7/h9-12,22H,8,13-18H2,1-7H3. The highest BCUT2D eigenvalue weighted by atomic mass is 16.6. The highest BCUT2D eigenvalue weighted by Crippen LogP contribution is 2.24. The highest BCUT2D eigenvalue weighted by molar-refractivity contribution is 6.01. The Morgan fingerprint density at radius 3 is 1.86 bits per heavy atom. The molecule has 2 aliphatic rings. The van der Waals surface area contributed by atoms with Crippen molar-refractivity contribution < 1.29 is 28.7 Å². The Morgan fingerprint density at radius 2 is 1.41 bits per heavy atom. The summed E-state index contributed by atoms with van der Waals surface area (Å²) in [5.41, 5.74) is 1.40. The van der Waals surface area contributed by atoms with Crippen molar-refractivity contribution in [3.63, 3.8) is 0 Å². The molecular formula is C27H40N4O6. The number of hydrazine groups is 1. The van der Waals surface area contributed by atoms with E-state index in [1.807, 2.05) is 24.3 Å². The first-order valence-corrected chi connectivity index (χ1v) is 12.8. The molecule has 2 heterocycles. The average molecular weight is 517 g/mol. The van der Waals surface area contributed by atoms with E-state index in [0.717, 1.165) is 17.0 Å². The van der Waals surface area contributed by atoms with E-state index >= 15 is 0 Å². The monoisotopic (exact) mass is 516 g/mol. The number of rotatable bonds is 5. The van der Waals surface area contributed by atoms with E-state index < -0.39 is 23.4 Å². The Balaban J connectivity index is 1.70. The minimum absolute atomic E-state index is 0.0677. The smallest absolute Gasteiger partial charge is 0.429 e. The third-order valence-electron chi connectivity index (χ3n) is 5.78. The van der Waals surface area contributed by atoms with Crippen LogP contribution in [0, 0.1) is 0 Å². The Bertz CT molecular complexity index is 971. The van der Waals surface area contributed by atoms with Crippen molar-refractivity contribution in [2.45, 2.75) is 85.0 Å². The Morgan fingerprint density at radius 1 is 0.892 bits per heavy atom. The molecule has 0 bridgehead atoms. The number of hydrogen-bond donors (Lipinski definition) is 0. The molecule has 2 aliphatic heterocycles. The van der Waals surface area contributed by atoms with Gasteiger partial charge in [-0.05, 0) is 72.6 Å². The van der Waals surface area contributed by atoms with Gasteiger partial charge in [-0.1, -0.05) is 17.3 Å². The number of ether oxygens (including phenoxy) is 2. The van der Waals surface area contributed by atoms with Crippen LogP contribution in [0.2, 0.25) is 0 Å². The molecule has 0 aromatic heterocycles. The van der Waals surface area contributed by atoms with Gasteiger partial charge in [0.2, 0.25) is 0 Å². The van der Waals surface area contributed by atoms with Gasteiger partial charge in [0, 0.05) is 31.6 Å². The zero-order valence-electron chi connectivity index (χ0n) is 23.1. The van der Waals surface area contributed by atoms with E-state index in [1.54, 1.807) is 48.5 Å². The molecule has 0 radical (unpaired) electrons. The number of ketones is 1. The average Bonchev–Trinajstić information content (AvgIpc) is 3.13. The van der Waals surface area contributed by atoms with Crippen molar-refractivity contribution in [1.82, 2.24) is 10.0 Å². The fourth-order valence-corrected chi connectivity index (χ4v) is 4.03. The fraction of sp³-hybridized carbons (Fsp3) is 0.630. The summed E-state index contributed by atoms with van der Waals surface area (Å²) in [6.45, 7) is 13.9. The van der Waals surface area contributed by atoms with Crippen LogP contribution in [0.4, 0.5) is 15.3 Å². The lowest BCUT2D eigenvalue weighted by atomic mass is 10.0. The quantitative estimate of drug-likeness (QED) is 0.556. The summed E-state index contributed by atoms with van der Waals surface area (Å²) in [6.07, 6.45) is 0.579. The fourth-order valence-electron chi connectivity index (χ4n) is 4.03. The van der Waals surface area contributed by atoms with Gasteiger partial charge in [0.25, 0.3) is 0 Å². The maximum atomic E-state index is 13.0. The molecule has 1 aromatic carbocycles. The minimum Gasteiger partial charge on any atom is -0.442 e. The molecule has 37 heavy (non-hydrogen) atoms. The lowest BCUT2D eigenvalue weighted by Gasteiger charge is -2.35. The lowest BCUT2D eigenvalue weighted by molar-refractivity contribution is -0.117. The summed E-state index contributed by atoms with van der Waals surface area (Å²) in [5, 5.41) is 6.88. The number of benzene rings is 1. The molecule has 3 rings (SSSR count). The number of amides is 2. The SMILES string of the molecule is CC(=O)CCC1CC(c2ccc(N3CCN(C(=O)OC(C)(C)C)N(C(=O)OC(C)(C)C)CC3)cc2)=NO1. The van der Waals surface area contributed by atoms with Crippen molar-refractivity contribution >= 4 is 29.4 Å². The van der Waals surface area contributed by atoms with Gasteiger partial charge < -0.3 is 24.0 Å². The second-order valence-corrected chi connectivity index (χ2v) is 11.5. The number of anilines is 1. The van der Waals surface area contributed by atoms with Crippen LogP contribution in [-0.4, -0.2) is 77.2 Å². The van der Waals surface area contributed by atoms with Gasteiger partial charge in [-0.15, -0.1) is 0 Å². The van der Waals surface area contributed by atoms with Crippen LogP contribution in [0.5, 0.6) is 0 Å². The minimum atomic E-state index is -0.698. The van der Waals surface area contributed by atoms with Crippen LogP contribution in [0.1, 0.15) is 73.3 Å². The number of nitrogens with zero attached hydrogens (tertiary/aromatic N) is 4. The summed E-state index contributed by atoms with van der Waals surface area (Å²) in [4.78, 5) is 44.8. The Labute approximate surface area is 219 Å². The van der Waals surface area contributed by atoms with Gasteiger partial charge in [0.1, 0.15) is 23.1 Å². The van der Waals surface area contributed by atoms with Crippen LogP contribution in [0.25, 0.3) is 0 Å². The van der Waals surface area contributed by atoms with E-state index in [2.05, 4.69) is 10.1 Å². The maximum Gasteiger partial charge on any atom is 0.429 e. The van der Waals surface area contributed by atoms with Gasteiger partial charge in [-0.2, -0.15) is 0 Å². The molecule has 1 fully saturated rings. The molecule has 1 atom stereocenters. The van der Waals surface area contributed by atoms with Crippen LogP contribution in [0.3, 0.4) is 0 Å². The summed E-state index contributed by atoms with van der Waals surface area (Å²) in [6, 6.07) is 7.99. The summed E-state index contributed by atoms with van der Waals surface area (Å²) in [7, 11) is 0. The molecule has 0 spiro atoms. The van der Waals surface area contributed by atoms with E-state index in [1.165, 1.54) is 10.0 Å². The van der Waals surface area contributed by atoms with E-state index in [9.17, 15) is 14.4 Å². The van der Waals surface area contributed by atoms with Gasteiger partial charge in [0.15, 0.2) is 0 Å². The molecule has 0 N–H and O–H groups in total. The topological polar surface area (TPSA) is 101 Å². The molecule has 0 aliphatic carbocycles. The number of carbonyl (C=O) groups is 3. The molecule has 2 amide bonds. The van der Waals surface area contributed by atoms with Gasteiger partial charge in [-0.25, -0.2) is 19.6 Å². The number of carbonyl (C=O) groups excluding carboxylic acids is 3. The first-order valence-electron chi connectivity index (χ1n) is 12.8. The van der Waals surface area contributed by atoms with Crippen molar-refractivity contribution in [3.05, 3.63) is 29.8 Å². The zero-order valence-corrected chi connectivity index (χ0v) is 23.1. The van der Waals surface area contributed by atoms with E-state index in [4.69, 9.17) is 14.3 Å². The van der Waals surface area contributed by atoms with Crippen LogP contribution >= 0.6 is 0 Å². The predicted molar refractivity (Wildman–Crippen MR) is 140 cm³/mol. The molecule has 1 unspecified atom stereocenters. The van der Waals surface area contributed by atoms with E-state index in [-0.39, 0.29) is 25.0 Å². The van der Waals surface area contributed by atoms with E-state index in [0.29, 0.717) is 32.4 Å². The molecule has 204 valence electrons. The predicted octanol–water partition coefficient (Wildman–Crippen LogP) is 4.76. The van der Waals surface area contributed by atoms with Crippen LogP contribution < -0.4 is 4.90 Å². The molecule has 10 nitrogen and oxygen atoms in total. The van der Waals surface area contributed by atoms with Crippen molar-refractivity contribution in [2.75, 3.05) is 31.1 Å². The Kier molecular flexibility index (Phi) is 8.71. The third kappa shape index (κ3) is 8.36. The Hall–Kier alpha value is -3.30. The van der Waals surface area contributed by atoms with Crippen molar-refractivity contribution in [3.8, 4) is 0 Å². The highest BCUT2D eigenvalue weighted by Gasteiger charge is 2.35. The summed E-state index contributed by atoms with van der Waals surface area (Å²) >= 11 is 0. The summed E-state index contributed by atoms with van der Waals surface area (Å²) < 4.78 is 11.1. The van der Waals surface area contributed by atoms with Gasteiger partial charge >= 0.3 is 12.2 Å². The molecule has 1 saturated heterocycles. The lowest BCUT2D eigenvalue weighted by Crippen LogP contribution is -2.53. The van der Waals surface area contributed by atoms with Crippen LogP contribution in [0.15, 0.2) is 29.4 Å². The molecule has 1 aromatic rings. The number of Topliss-reactive ketones (excluding diaryl/α,β-unsaturated/α-hetero) is 1. The second kappa shape index (κ2) is 11.4. The van der Waals surface area contributed by atoms with Crippen molar-refractivity contribution in [1.29, 1.82) is 0 Å². The first-order chi connectivity index (χ1) is 17.2. The molecular weight excluding hydrogens is 476 g/mol. The number of hydrogen-bond acceptors (Lipinski definition) is 8. The maximum absolute atomic E-state index is 13.0. The molecule has 10 heteroatoms. The van der Waals surface area contributed by atoms with Gasteiger partial charge in [0.05, 0.1) is 18.8 Å². The summed E-state index contributed by atoms with van der Waals surface area (Å²) in [5.74, 6) is 0.148. The normalized spacial score (nSPS) is 18.6. The molecule has 0 saturated carbocycles. The number of oxime groups is 1. The van der Waals surface area contributed by atoms with Gasteiger partial charge in [-0.3, -0.25) is 0 Å². The van der Waals surface area contributed by atoms with Crippen LogP contribution in [-0.2, 0) is 19.1 Å². The second-order valence-electron chi connectivity index (χ2n) is 11.5. The zero-order chi connectivity index (χ0) is 27.4.